The molecule has 2 rings (SSSR count). The number of likely N-dealkylation sites (tertiary alicyclic amines) is 1. The lowest BCUT2D eigenvalue weighted by Gasteiger charge is -2.31. The Morgan fingerprint density at radius 2 is 2.08 bits per heavy atom. The molecule has 24 heavy (non-hydrogen) atoms. The number of aromatic nitrogens is 1. The number of ether oxygens (including phenoxy) is 1. The van der Waals surface area contributed by atoms with Crippen LogP contribution in [0.2, 0.25) is 0 Å². The highest BCUT2D eigenvalue weighted by molar-refractivity contribution is 5.89. The van der Waals surface area contributed by atoms with E-state index in [-0.39, 0.29) is 35.4 Å². The molecule has 0 aliphatic carbocycles. The Hall–Kier alpha value is -2.44. The van der Waals surface area contributed by atoms with Gasteiger partial charge in [-0.2, -0.15) is 0 Å². The van der Waals surface area contributed by atoms with Crippen LogP contribution in [0, 0.1) is 5.92 Å². The molecule has 1 aliphatic rings. The van der Waals surface area contributed by atoms with Crippen LogP contribution in [-0.4, -0.2) is 46.9 Å². The van der Waals surface area contributed by atoms with Crippen LogP contribution in [0.15, 0.2) is 18.3 Å². The fourth-order valence-corrected chi connectivity index (χ4v) is 2.62. The van der Waals surface area contributed by atoms with Crippen molar-refractivity contribution in [1.82, 2.24) is 15.2 Å². The van der Waals surface area contributed by atoms with Crippen molar-refractivity contribution in [2.24, 2.45) is 5.92 Å². The van der Waals surface area contributed by atoms with Crippen LogP contribution in [0.1, 0.15) is 43.2 Å². The molecule has 1 aromatic heterocycles. The Bertz CT molecular complexity index is 634. The van der Waals surface area contributed by atoms with E-state index in [1.165, 1.54) is 13.3 Å². The summed E-state index contributed by atoms with van der Waals surface area (Å²) in [6.07, 6.45) is 1.76. The summed E-state index contributed by atoms with van der Waals surface area (Å²) in [6.45, 7) is 6.61. The van der Waals surface area contributed by atoms with Crippen molar-refractivity contribution in [3.63, 3.8) is 0 Å². The number of pyridine rings is 1. The van der Waals surface area contributed by atoms with E-state index in [1.807, 2.05) is 20.8 Å². The van der Waals surface area contributed by atoms with Crippen LogP contribution in [-0.2, 0) is 20.9 Å². The summed E-state index contributed by atoms with van der Waals surface area (Å²) in [5, 5.41) is 2.82. The lowest BCUT2D eigenvalue weighted by atomic mass is 10.1. The number of carbonyl (C=O) groups excluding carboxylic acids is 3. The summed E-state index contributed by atoms with van der Waals surface area (Å²) >= 11 is 0. The zero-order valence-corrected chi connectivity index (χ0v) is 14.5. The largest absolute Gasteiger partial charge is 0.464 e. The second-order valence-electron chi connectivity index (χ2n) is 6.84. The molecular formula is C17H23N3O4. The van der Waals surface area contributed by atoms with Crippen LogP contribution in [0.5, 0.6) is 0 Å². The fourth-order valence-electron chi connectivity index (χ4n) is 2.62. The minimum atomic E-state index is -0.502. The number of nitrogens with one attached hydrogen (secondary N) is 1. The molecule has 7 heteroatoms. The van der Waals surface area contributed by atoms with Crippen molar-refractivity contribution in [2.45, 2.75) is 39.3 Å². The first-order valence-electron chi connectivity index (χ1n) is 7.84. The van der Waals surface area contributed by atoms with E-state index in [2.05, 4.69) is 15.0 Å². The van der Waals surface area contributed by atoms with Crippen molar-refractivity contribution < 1.29 is 19.1 Å². The highest BCUT2D eigenvalue weighted by Crippen LogP contribution is 2.25. The Morgan fingerprint density at radius 3 is 2.58 bits per heavy atom. The van der Waals surface area contributed by atoms with Gasteiger partial charge in [0.05, 0.1) is 13.0 Å². The van der Waals surface area contributed by atoms with Gasteiger partial charge >= 0.3 is 5.97 Å². The molecule has 0 unspecified atom stereocenters. The lowest BCUT2D eigenvalue weighted by Crippen LogP contribution is -2.43. The fraction of sp³-hybridized carbons (Fsp3) is 0.529. The summed E-state index contributed by atoms with van der Waals surface area (Å²) in [5.74, 6) is -0.977. The zero-order chi connectivity index (χ0) is 17.9. The maximum absolute atomic E-state index is 12.3. The van der Waals surface area contributed by atoms with Crippen molar-refractivity contribution in [3.05, 3.63) is 29.6 Å². The molecule has 0 bridgehead atoms. The summed E-state index contributed by atoms with van der Waals surface area (Å²) in [6, 6.07) is 3.26. The van der Waals surface area contributed by atoms with Crippen LogP contribution in [0.25, 0.3) is 0 Å². The smallest absolute Gasteiger partial charge is 0.356 e. The van der Waals surface area contributed by atoms with Gasteiger partial charge in [0.2, 0.25) is 11.8 Å². The molecule has 0 radical (unpaired) electrons. The molecule has 1 saturated heterocycles. The minimum Gasteiger partial charge on any atom is -0.464 e. The van der Waals surface area contributed by atoms with Gasteiger partial charge in [-0.3, -0.25) is 9.59 Å². The van der Waals surface area contributed by atoms with E-state index in [1.54, 1.807) is 17.0 Å². The Labute approximate surface area is 141 Å². The van der Waals surface area contributed by atoms with Gasteiger partial charge in [0.25, 0.3) is 0 Å². The second kappa shape index (κ2) is 6.98. The Balaban J connectivity index is 1.90. The first kappa shape index (κ1) is 17.9. The molecule has 0 spiro atoms. The monoisotopic (exact) mass is 333 g/mol. The van der Waals surface area contributed by atoms with Crippen molar-refractivity contribution in [1.29, 1.82) is 0 Å². The highest BCUT2D eigenvalue weighted by atomic mass is 16.5. The Morgan fingerprint density at radius 1 is 1.38 bits per heavy atom. The van der Waals surface area contributed by atoms with Gasteiger partial charge in [-0.25, -0.2) is 9.78 Å². The minimum absolute atomic E-state index is 0.00625. The quantitative estimate of drug-likeness (QED) is 0.835. The highest BCUT2D eigenvalue weighted by Gasteiger charge is 2.39. The number of amides is 2. The summed E-state index contributed by atoms with van der Waals surface area (Å²) < 4.78 is 4.58. The van der Waals surface area contributed by atoms with E-state index in [4.69, 9.17) is 0 Å². The predicted molar refractivity (Wildman–Crippen MR) is 87.0 cm³/mol. The van der Waals surface area contributed by atoms with Gasteiger partial charge in [0.1, 0.15) is 5.69 Å². The number of hydrogen-bond donors (Lipinski definition) is 1. The molecule has 1 fully saturated rings. The molecule has 2 amide bonds. The van der Waals surface area contributed by atoms with Crippen molar-refractivity contribution >= 4 is 17.8 Å². The van der Waals surface area contributed by atoms with Gasteiger partial charge in [-0.05, 0) is 32.4 Å². The van der Waals surface area contributed by atoms with E-state index in [0.717, 1.165) is 5.56 Å². The molecule has 1 aromatic rings. The van der Waals surface area contributed by atoms with Crippen LogP contribution < -0.4 is 5.32 Å². The number of rotatable bonds is 4. The third-order valence-corrected chi connectivity index (χ3v) is 3.99. The van der Waals surface area contributed by atoms with Gasteiger partial charge in [0.15, 0.2) is 0 Å². The molecule has 1 N–H and O–H groups in total. The zero-order valence-electron chi connectivity index (χ0n) is 14.5. The average molecular weight is 333 g/mol. The van der Waals surface area contributed by atoms with E-state index < -0.39 is 5.97 Å². The van der Waals surface area contributed by atoms with E-state index in [9.17, 15) is 14.4 Å². The maximum atomic E-state index is 12.3. The third kappa shape index (κ3) is 4.10. The van der Waals surface area contributed by atoms with Crippen LogP contribution >= 0.6 is 0 Å². The van der Waals surface area contributed by atoms with Crippen LogP contribution in [0.4, 0.5) is 0 Å². The normalized spacial score (nSPS) is 17.8. The standard InChI is InChI=1S/C17H23N3O4/c1-17(2,3)20-10-12(7-14(20)21)15(22)19-9-11-5-6-13(18-8-11)16(23)24-4/h5-6,8,12H,7,9-10H2,1-4H3,(H,19,22)/t12-/m1/s1. The molecule has 7 nitrogen and oxygen atoms in total. The molecule has 1 aliphatic heterocycles. The number of hydrogen-bond acceptors (Lipinski definition) is 5. The van der Waals surface area contributed by atoms with Crippen LogP contribution in [0.3, 0.4) is 0 Å². The molecule has 2 heterocycles. The first-order chi connectivity index (χ1) is 11.2. The van der Waals surface area contributed by atoms with Gasteiger partial charge in [-0.15, -0.1) is 0 Å². The van der Waals surface area contributed by atoms with Gasteiger partial charge in [0, 0.05) is 31.2 Å². The van der Waals surface area contributed by atoms with E-state index >= 15 is 0 Å². The van der Waals surface area contributed by atoms with E-state index in [0.29, 0.717) is 13.1 Å². The molecule has 130 valence electrons. The molecule has 0 aromatic carbocycles. The van der Waals surface area contributed by atoms with Gasteiger partial charge in [-0.1, -0.05) is 6.07 Å². The average Bonchev–Trinajstić information content (AvgIpc) is 2.94. The SMILES string of the molecule is COC(=O)c1ccc(CNC(=O)[C@@H]2CC(=O)N(C(C)(C)C)C2)cn1. The number of methoxy groups -OCH3 is 1. The summed E-state index contributed by atoms with van der Waals surface area (Å²) in [4.78, 5) is 41.4. The maximum Gasteiger partial charge on any atom is 0.356 e. The summed E-state index contributed by atoms with van der Waals surface area (Å²) in [7, 11) is 1.29. The molecule has 0 saturated carbocycles. The lowest BCUT2D eigenvalue weighted by molar-refractivity contribution is -0.132. The van der Waals surface area contributed by atoms with Crippen molar-refractivity contribution in [2.75, 3.05) is 13.7 Å². The number of nitrogens with zero attached hydrogens (tertiary/aromatic N) is 2. The topological polar surface area (TPSA) is 88.6 Å². The van der Waals surface area contributed by atoms with Crippen molar-refractivity contribution in [3.8, 4) is 0 Å². The summed E-state index contributed by atoms with van der Waals surface area (Å²) in [5.41, 5.74) is 0.711. The third-order valence-electron chi connectivity index (χ3n) is 3.99. The first-order valence-corrected chi connectivity index (χ1v) is 7.84. The number of carbonyl (C=O) groups is 3. The predicted octanol–water partition coefficient (Wildman–Crippen LogP) is 1.13. The second-order valence-corrected chi connectivity index (χ2v) is 6.84. The molecule has 1 atom stereocenters. The van der Waals surface area contributed by atoms with Gasteiger partial charge < -0.3 is 15.0 Å². The Kier molecular flexibility index (Phi) is 5.21. The number of esters is 1. The molecular weight excluding hydrogens is 310 g/mol.